The highest BCUT2D eigenvalue weighted by Crippen LogP contribution is 2.24. The molecule has 0 fully saturated rings. The quantitative estimate of drug-likeness (QED) is 0.612. The molecule has 1 aromatic rings. The Bertz CT molecular complexity index is 579. The van der Waals surface area contributed by atoms with Crippen molar-refractivity contribution in [1.29, 1.82) is 0 Å². The van der Waals surface area contributed by atoms with E-state index in [4.69, 9.17) is 0 Å². The highest BCUT2D eigenvalue weighted by molar-refractivity contribution is 6.47. The lowest BCUT2D eigenvalue weighted by Gasteiger charge is -2.15. The number of allylic oxidation sites excluding steroid dienone is 4. The normalized spacial score (nSPS) is 16.2. The van der Waals surface area contributed by atoms with E-state index in [2.05, 4.69) is 0 Å². The average molecular weight is 254 g/mol. The monoisotopic (exact) mass is 254 g/mol. The molecule has 1 aromatic carbocycles. The zero-order valence-corrected chi connectivity index (χ0v) is 10.6. The van der Waals surface area contributed by atoms with Crippen LogP contribution in [-0.2, 0) is 14.4 Å². The molecule has 2 rings (SSSR count). The molecule has 3 heteroatoms. The molecule has 0 saturated heterocycles. The number of Topliss-reactive ketones (excluding diaryl/α,β-unsaturated/α-hetero) is 1. The van der Waals surface area contributed by atoms with E-state index in [0.29, 0.717) is 12.0 Å². The summed E-state index contributed by atoms with van der Waals surface area (Å²) in [6, 6.07) is 9.44. The van der Waals surface area contributed by atoms with Crippen LogP contribution in [0.2, 0.25) is 0 Å². The van der Waals surface area contributed by atoms with Crippen LogP contribution in [0, 0.1) is 0 Å². The molecule has 0 radical (unpaired) electrons. The first-order valence-electron chi connectivity index (χ1n) is 6.20. The summed E-state index contributed by atoms with van der Waals surface area (Å²) in [6.07, 6.45) is 4.37. The van der Waals surface area contributed by atoms with Gasteiger partial charge in [0.1, 0.15) is 0 Å². The van der Waals surface area contributed by atoms with Crippen molar-refractivity contribution >= 4 is 17.3 Å². The minimum absolute atomic E-state index is 0.120. The predicted molar refractivity (Wildman–Crippen MR) is 71.7 cm³/mol. The lowest BCUT2D eigenvalue weighted by molar-refractivity contribution is -0.131. The Hall–Kier alpha value is -2.29. The first-order chi connectivity index (χ1) is 9.13. The molecular formula is C16H14O3. The Morgan fingerprint density at radius 2 is 1.74 bits per heavy atom. The van der Waals surface area contributed by atoms with Gasteiger partial charge in [-0.1, -0.05) is 37.3 Å². The molecule has 3 nitrogen and oxygen atoms in total. The Balaban J connectivity index is 2.28. The molecule has 0 spiro atoms. The zero-order chi connectivity index (χ0) is 13.8. The van der Waals surface area contributed by atoms with E-state index < -0.39 is 11.6 Å². The van der Waals surface area contributed by atoms with Gasteiger partial charge in [0.05, 0.1) is 0 Å². The van der Waals surface area contributed by atoms with Gasteiger partial charge >= 0.3 is 0 Å². The Kier molecular flexibility index (Phi) is 3.85. The first kappa shape index (κ1) is 13.1. The maximum Gasteiger partial charge on any atom is 0.226 e. The largest absolute Gasteiger partial charge is 0.293 e. The van der Waals surface area contributed by atoms with Crippen LogP contribution in [0.3, 0.4) is 0 Å². The van der Waals surface area contributed by atoms with Crippen LogP contribution in [0.15, 0.2) is 54.1 Å². The SMILES string of the molecule is CCC(C(=O)C1=CC(=O)C(=O)C=C1)c1ccccc1. The molecule has 0 bridgehead atoms. The van der Waals surface area contributed by atoms with Gasteiger partial charge in [-0.25, -0.2) is 0 Å². The van der Waals surface area contributed by atoms with Gasteiger partial charge in [0.25, 0.3) is 0 Å². The summed E-state index contributed by atoms with van der Waals surface area (Å²) in [5.74, 6) is -1.61. The zero-order valence-electron chi connectivity index (χ0n) is 10.6. The van der Waals surface area contributed by atoms with Gasteiger partial charge in [0.15, 0.2) is 5.78 Å². The molecule has 0 saturated carbocycles. The molecule has 1 aliphatic carbocycles. The summed E-state index contributed by atoms with van der Waals surface area (Å²) < 4.78 is 0. The summed E-state index contributed by atoms with van der Waals surface area (Å²) >= 11 is 0. The van der Waals surface area contributed by atoms with Crippen LogP contribution in [0.4, 0.5) is 0 Å². The molecule has 1 unspecified atom stereocenters. The Labute approximate surface area is 111 Å². The van der Waals surface area contributed by atoms with Gasteiger partial charge in [0, 0.05) is 17.6 Å². The van der Waals surface area contributed by atoms with Gasteiger partial charge in [-0.2, -0.15) is 0 Å². The molecule has 19 heavy (non-hydrogen) atoms. The van der Waals surface area contributed by atoms with Crippen LogP contribution in [0.5, 0.6) is 0 Å². The number of hydrogen-bond acceptors (Lipinski definition) is 3. The lowest BCUT2D eigenvalue weighted by Crippen LogP contribution is -2.19. The van der Waals surface area contributed by atoms with Gasteiger partial charge in [-0.05, 0) is 24.1 Å². The van der Waals surface area contributed by atoms with Crippen molar-refractivity contribution in [3.63, 3.8) is 0 Å². The van der Waals surface area contributed by atoms with Crippen LogP contribution in [-0.4, -0.2) is 17.3 Å². The van der Waals surface area contributed by atoms with E-state index in [0.717, 1.165) is 17.7 Å². The van der Waals surface area contributed by atoms with E-state index in [9.17, 15) is 14.4 Å². The second kappa shape index (κ2) is 5.57. The van der Waals surface area contributed by atoms with Crippen molar-refractivity contribution in [3.05, 3.63) is 59.7 Å². The number of rotatable bonds is 4. The van der Waals surface area contributed by atoms with Crippen LogP contribution >= 0.6 is 0 Å². The molecule has 0 amide bonds. The molecule has 1 aliphatic rings. The minimum Gasteiger partial charge on any atom is -0.293 e. The van der Waals surface area contributed by atoms with Crippen LogP contribution in [0.25, 0.3) is 0 Å². The standard InChI is InChI=1S/C16H14O3/c1-2-13(11-6-4-3-5-7-11)16(19)12-8-9-14(17)15(18)10-12/h3-10,13H,2H2,1H3. The number of carbonyl (C=O) groups is 3. The van der Waals surface area contributed by atoms with Crippen molar-refractivity contribution in [2.75, 3.05) is 0 Å². The third kappa shape index (κ3) is 2.76. The fraction of sp³-hybridized carbons (Fsp3) is 0.188. The third-order valence-electron chi connectivity index (χ3n) is 3.15. The first-order valence-corrected chi connectivity index (χ1v) is 6.20. The molecule has 0 aromatic heterocycles. The molecule has 0 N–H and O–H groups in total. The number of benzene rings is 1. The molecular weight excluding hydrogens is 240 g/mol. The number of ketones is 3. The van der Waals surface area contributed by atoms with Gasteiger partial charge in [-0.15, -0.1) is 0 Å². The smallest absolute Gasteiger partial charge is 0.226 e. The van der Waals surface area contributed by atoms with Crippen molar-refractivity contribution in [1.82, 2.24) is 0 Å². The van der Waals surface area contributed by atoms with E-state index >= 15 is 0 Å². The van der Waals surface area contributed by atoms with Crippen LogP contribution in [0.1, 0.15) is 24.8 Å². The van der Waals surface area contributed by atoms with E-state index in [1.165, 1.54) is 6.08 Å². The molecule has 0 aliphatic heterocycles. The average Bonchev–Trinajstić information content (AvgIpc) is 2.44. The van der Waals surface area contributed by atoms with E-state index in [-0.39, 0.29) is 11.7 Å². The van der Waals surface area contributed by atoms with E-state index in [1.807, 2.05) is 37.3 Å². The molecule has 1 atom stereocenters. The topological polar surface area (TPSA) is 51.2 Å². The summed E-state index contributed by atoms with van der Waals surface area (Å²) in [6.45, 7) is 1.93. The fourth-order valence-corrected chi connectivity index (χ4v) is 2.12. The van der Waals surface area contributed by atoms with Crippen molar-refractivity contribution in [3.8, 4) is 0 Å². The van der Waals surface area contributed by atoms with E-state index in [1.54, 1.807) is 0 Å². The highest BCUT2D eigenvalue weighted by Gasteiger charge is 2.24. The summed E-state index contributed by atoms with van der Waals surface area (Å²) in [5.41, 5.74) is 1.23. The van der Waals surface area contributed by atoms with Crippen LogP contribution < -0.4 is 0 Å². The highest BCUT2D eigenvalue weighted by atomic mass is 16.2. The maximum absolute atomic E-state index is 12.4. The molecule has 96 valence electrons. The second-order valence-electron chi connectivity index (χ2n) is 4.40. The van der Waals surface area contributed by atoms with Crippen molar-refractivity contribution in [2.24, 2.45) is 0 Å². The predicted octanol–water partition coefficient (Wildman–Crippen LogP) is 2.38. The maximum atomic E-state index is 12.4. The number of hydrogen-bond donors (Lipinski definition) is 0. The molecule has 0 heterocycles. The third-order valence-corrected chi connectivity index (χ3v) is 3.15. The summed E-state index contributed by atoms with van der Waals surface area (Å²) in [5, 5.41) is 0. The minimum atomic E-state index is -0.631. The lowest BCUT2D eigenvalue weighted by atomic mass is 9.86. The van der Waals surface area contributed by atoms with Crippen molar-refractivity contribution < 1.29 is 14.4 Å². The van der Waals surface area contributed by atoms with Crippen molar-refractivity contribution in [2.45, 2.75) is 19.3 Å². The Morgan fingerprint density at radius 3 is 2.32 bits per heavy atom. The summed E-state index contributed by atoms with van der Waals surface area (Å²) in [4.78, 5) is 34.8. The van der Waals surface area contributed by atoms with Gasteiger partial charge in [-0.3, -0.25) is 14.4 Å². The fourth-order valence-electron chi connectivity index (χ4n) is 2.12. The van der Waals surface area contributed by atoms with Gasteiger partial charge < -0.3 is 0 Å². The Morgan fingerprint density at radius 1 is 1.05 bits per heavy atom. The van der Waals surface area contributed by atoms with Gasteiger partial charge in [0.2, 0.25) is 11.6 Å². The second-order valence-corrected chi connectivity index (χ2v) is 4.40. The number of carbonyl (C=O) groups excluding carboxylic acids is 3. The summed E-state index contributed by atoms with van der Waals surface area (Å²) in [7, 11) is 0.